The van der Waals surface area contributed by atoms with Gasteiger partial charge in [0.05, 0.1) is 6.21 Å². The van der Waals surface area contributed by atoms with Gasteiger partial charge in [-0.3, -0.25) is 4.79 Å². The van der Waals surface area contributed by atoms with Gasteiger partial charge in [0, 0.05) is 24.0 Å². The minimum Gasteiger partial charge on any atom is -0.489 e. The van der Waals surface area contributed by atoms with Gasteiger partial charge >= 0.3 is 0 Å². The fourth-order valence-corrected chi connectivity index (χ4v) is 3.26. The van der Waals surface area contributed by atoms with Gasteiger partial charge in [-0.25, -0.2) is 5.43 Å². The van der Waals surface area contributed by atoms with E-state index in [2.05, 4.69) is 27.6 Å². The first-order valence-corrected chi connectivity index (χ1v) is 10.7. The molecule has 0 bridgehead atoms. The molecule has 33 heavy (non-hydrogen) atoms. The molecule has 5 heteroatoms. The van der Waals surface area contributed by atoms with Crippen LogP contribution in [0.3, 0.4) is 0 Å². The van der Waals surface area contributed by atoms with Crippen LogP contribution in [0.5, 0.6) is 5.75 Å². The molecule has 0 aliphatic heterocycles. The molecule has 0 radical (unpaired) electrons. The highest BCUT2D eigenvalue weighted by atomic mass is 16.5. The zero-order chi connectivity index (χ0) is 22.9. The van der Waals surface area contributed by atoms with Crippen LogP contribution in [0.1, 0.15) is 21.5 Å². The molecule has 0 saturated heterocycles. The number of benzene rings is 4. The minimum atomic E-state index is -0.277. The number of nitrogens with one attached hydrogen (secondary N) is 1. The number of carbonyl (C=O) groups excluding carboxylic acids is 1. The fourth-order valence-electron chi connectivity index (χ4n) is 3.26. The van der Waals surface area contributed by atoms with E-state index in [0.29, 0.717) is 17.9 Å². The molecule has 1 amide bonds. The molecule has 4 rings (SSSR count). The zero-order valence-corrected chi connectivity index (χ0v) is 18.4. The molecule has 1 N–H and O–H groups in total. The Balaban J connectivity index is 1.28. The second-order valence-corrected chi connectivity index (χ2v) is 7.48. The Bertz CT molecular complexity index is 1190. The van der Waals surface area contributed by atoms with Crippen LogP contribution in [-0.2, 0) is 6.61 Å². The number of carbonyl (C=O) groups is 1. The molecule has 0 atom stereocenters. The van der Waals surface area contributed by atoms with E-state index in [1.165, 1.54) is 0 Å². The number of hydrogen-bond acceptors (Lipinski definition) is 4. The van der Waals surface area contributed by atoms with Crippen molar-refractivity contribution >= 4 is 23.5 Å². The SMILES string of the molecule is CN(c1ccccc1)c1ccc(C=NNC(=O)c2ccc(OCc3ccccc3)cc2)cc1. The van der Waals surface area contributed by atoms with Gasteiger partial charge in [-0.2, -0.15) is 5.10 Å². The van der Waals surface area contributed by atoms with Crippen molar-refractivity contribution in [1.29, 1.82) is 0 Å². The first-order chi connectivity index (χ1) is 16.2. The third-order valence-electron chi connectivity index (χ3n) is 5.17. The van der Waals surface area contributed by atoms with Crippen LogP contribution in [0.2, 0.25) is 0 Å². The van der Waals surface area contributed by atoms with Gasteiger partial charge in [0.25, 0.3) is 5.91 Å². The number of para-hydroxylation sites is 1. The molecule has 0 unspecified atom stereocenters. The standard InChI is InChI=1S/C28H25N3O2/c1-31(25-10-6-3-7-11-25)26-16-12-22(13-17-26)20-29-30-28(32)24-14-18-27(19-15-24)33-21-23-8-4-2-5-9-23/h2-20H,21H2,1H3,(H,30,32). The summed E-state index contributed by atoms with van der Waals surface area (Å²) >= 11 is 0. The summed E-state index contributed by atoms with van der Waals surface area (Å²) in [5.41, 5.74) is 7.25. The molecule has 0 saturated carbocycles. The van der Waals surface area contributed by atoms with E-state index >= 15 is 0 Å². The quantitative estimate of drug-likeness (QED) is 0.281. The van der Waals surface area contributed by atoms with Crippen molar-refractivity contribution in [2.24, 2.45) is 5.10 Å². The molecule has 0 spiro atoms. The van der Waals surface area contributed by atoms with Crippen molar-refractivity contribution in [3.05, 3.63) is 126 Å². The van der Waals surface area contributed by atoms with E-state index < -0.39 is 0 Å². The van der Waals surface area contributed by atoms with Crippen molar-refractivity contribution < 1.29 is 9.53 Å². The fraction of sp³-hybridized carbons (Fsp3) is 0.0714. The number of nitrogens with zero attached hydrogens (tertiary/aromatic N) is 2. The van der Waals surface area contributed by atoms with E-state index in [-0.39, 0.29) is 5.91 Å². The third kappa shape index (κ3) is 6.08. The average molecular weight is 436 g/mol. The molecular weight excluding hydrogens is 410 g/mol. The average Bonchev–Trinajstić information content (AvgIpc) is 2.89. The van der Waals surface area contributed by atoms with Crippen molar-refractivity contribution in [2.45, 2.75) is 6.61 Å². The van der Waals surface area contributed by atoms with E-state index in [1.807, 2.05) is 79.8 Å². The van der Waals surface area contributed by atoms with Crippen LogP contribution in [0.4, 0.5) is 11.4 Å². The summed E-state index contributed by atoms with van der Waals surface area (Å²) in [5.74, 6) is 0.431. The second kappa shape index (κ2) is 10.8. The Morgan fingerprint density at radius 3 is 2.09 bits per heavy atom. The van der Waals surface area contributed by atoms with Gasteiger partial charge in [0.15, 0.2) is 0 Å². The minimum absolute atomic E-state index is 0.277. The smallest absolute Gasteiger partial charge is 0.271 e. The van der Waals surface area contributed by atoms with E-state index in [1.54, 1.807) is 30.5 Å². The maximum absolute atomic E-state index is 12.4. The van der Waals surface area contributed by atoms with Gasteiger partial charge < -0.3 is 9.64 Å². The lowest BCUT2D eigenvalue weighted by molar-refractivity contribution is 0.0955. The molecule has 0 fully saturated rings. The highest BCUT2D eigenvalue weighted by Crippen LogP contribution is 2.23. The molecule has 0 aliphatic rings. The normalized spacial score (nSPS) is 10.7. The summed E-state index contributed by atoms with van der Waals surface area (Å²) in [5, 5.41) is 4.08. The molecule has 0 aromatic heterocycles. The van der Waals surface area contributed by atoms with Crippen LogP contribution in [0, 0.1) is 0 Å². The molecular formula is C28H25N3O2. The predicted octanol–water partition coefficient (Wildman–Crippen LogP) is 5.80. The Kier molecular flexibility index (Phi) is 7.13. The van der Waals surface area contributed by atoms with Crippen molar-refractivity contribution in [3.63, 3.8) is 0 Å². The molecule has 0 heterocycles. The second-order valence-electron chi connectivity index (χ2n) is 7.48. The molecule has 5 nitrogen and oxygen atoms in total. The summed E-state index contributed by atoms with van der Waals surface area (Å²) in [6.07, 6.45) is 1.63. The van der Waals surface area contributed by atoms with Crippen molar-refractivity contribution in [2.75, 3.05) is 11.9 Å². The Morgan fingerprint density at radius 1 is 0.818 bits per heavy atom. The summed E-state index contributed by atoms with van der Waals surface area (Å²) < 4.78 is 5.76. The van der Waals surface area contributed by atoms with Gasteiger partial charge in [-0.15, -0.1) is 0 Å². The van der Waals surface area contributed by atoms with Gasteiger partial charge in [0.2, 0.25) is 0 Å². The van der Waals surface area contributed by atoms with Crippen molar-refractivity contribution in [3.8, 4) is 5.75 Å². The Morgan fingerprint density at radius 2 is 1.42 bits per heavy atom. The number of amides is 1. The van der Waals surface area contributed by atoms with E-state index in [9.17, 15) is 4.79 Å². The Hall–Kier alpha value is -4.38. The number of rotatable bonds is 8. The highest BCUT2D eigenvalue weighted by molar-refractivity contribution is 5.95. The number of anilines is 2. The first kappa shape index (κ1) is 21.8. The van der Waals surface area contributed by atoms with Crippen LogP contribution < -0.4 is 15.1 Å². The summed E-state index contributed by atoms with van der Waals surface area (Å²) in [4.78, 5) is 14.5. The number of hydrogen-bond donors (Lipinski definition) is 1. The van der Waals surface area contributed by atoms with Crippen LogP contribution >= 0.6 is 0 Å². The number of hydrazone groups is 1. The lowest BCUT2D eigenvalue weighted by Gasteiger charge is -2.19. The predicted molar refractivity (Wildman–Crippen MR) is 133 cm³/mol. The van der Waals surface area contributed by atoms with Gasteiger partial charge in [-0.05, 0) is 59.7 Å². The van der Waals surface area contributed by atoms with Gasteiger partial charge in [0.1, 0.15) is 12.4 Å². The molecule has 164 valence electrons. The zero-order valence-electron chi connectivity index (χ0n) is 18.4. The van der Waals surface area contributed by atoms with Crippen molar-refractivity contribution in [1.82, 2.24) is 5.43 Å². The first-order valence-electron chi connectivity index (χ1n) is 10.7. The largest absolute Gasteiger partial charge is 0.489 e. The summed E-state index contributed by atoms with van der Waals surface area (Å²) in [7, 11) is 2.02. The maximum atomic E-state index is 12.4. The number of ether oxygens (including phenoxy) is 1. The molecule has 0 aliphatic carbocycles. The van der Waals surface area contributed by atoms with Gasteiger partial charge in [-0.1, -0.05) is 60.7 Å². The van der Waals surface area contributed by atoms with E-state index in [4.69, 9.17) is 4.74 Å². The lowest BCUT2D eigenvalue weighted by Crippen LogP contribution is -2.17. The molecule has 4 aromatic carbocycles. The topological polar surface area (TPSA) is 53.9 Å². The third-order valence-corrected chi connectivity index (χ3v) is 5.17. The summed E-state index contributed by atoms with van der Waals surface area (Å²) in [6, 6.07) is 35.1. The Labute approximate surface area is 194 Å². The lowest BCUT2D eigenvalue weighted by atomic mass is 10.2. The maximum Gasteiger partial charge on any atom is 0.271 e. The summed E-state index contributed by atoms with van der Waals surface area (Å²) in [6.45, 7) is 0.483. The van der Waals surface area contributed by atoms with Crippen LogP contribution in [0.15, 0.2) is 114 Å². The molecule has 4 aromatic rings. The van der Waals surface area contributed by atoms with Crippen LogP contribution in [-0.4, -0.2) is 19.2 Å². The highest BCUT2D eigenvalue weighted by Gasteiger charge is 2.05. The van der Waals surface area contributed by atoms with Crippen LogP contribution in [0.25, 0.3) is 0 Å². The monoisotopic (exact) mass is 435 g/mol. The van der Waals surface area contributed by atoms with E-state index in [0.717, 1.165) is 22.5 Å².